The Bertz CT molecular complexity index is 450. The topological polar surface area (TPSA) is 32.5 Å². The summed E-state index contributed by atoms with van der Waals surface area (Å²) >= 11 is 0. The second-order valence-electron chi connectivity index (χ2n) is 6.73. The minimum Gasteiger partial charge on any atom is -0.329 e. The van der Waals surface area contributed by atoms with Crippen LogP contribution < -0.4 is 5.73 Å². The summed E-state index contributed by atoms with van der Waals surface area (Å²) in [6.07, 6.45) is 0. The zero-order valence-corrected chi connectivity index (χ0v) is 14.3. The highest BCUT2D eigenvalue weighted by atomic mass is 15.3. The fourth-order valence-electron chi connectivity index (χ4n) is 3.73. The number of nitrogens with zero attached hydrogens (tertiary/aromatic N) is 2. The Balaban J connectivity index is 2.18. The number of benzene rings is 1. The minimum absolute atomic E-state index is 0.361. The van der Waals surface area contributed by atoms with Crippen LogP contribution in [0.4, 0.5) is 0 Å². The number of hydrogen-bond acceptors (Lipinski definition) is 3. The second-order valence-corrected chi connectivity index (χ2v) is 6.73. The monoisotopic (exact) mass is 289 g/mol. The third kappa shape index (κ3) is 3.65. The largest absolute Gasteiger partial charge is 0.329 e. The normalized spacial score (nSPS) is 19.2. The van der Waals surface area contributed by atoms with E-state index in [-0.39, 0.29) is 0 Å². The molecule has 3 heteroatoms. The van der Waals surface area contributed by atoms with Gasteiger partial charge in [0.1, 0.15) is 0 Å². The molecule has 1 aliphatic heterocycles. The molecule has 21 heavy (non-hydrogen) atoms. The van der Waals surface area contributed by atoms with E-state index in [1.807, 2.05) is 0 Å². The van der Waals surface area contributed by atoms with Crippen molar-refractivity contribution in [2.75, 3.05) is 32.7 Å². The van der Waals surface area contributed by atoms with Crippen LogP contribution in [0.5, 0.6) is 0 Å². The molecule has 0 aliphatic carbocycles. The molecule has 0 amide bonds. The highest BCUT2D eigenvalue weighted by Crippen LogP contribution is 2.28. The van der Waals surface area contributed by atoms with Crippen LogP contribution in [0.15, 0.2) is 12.1 Å². The molecule has 1 aromatic rings. The zero-order chi connectivity index (χ0) is 15.6. The van der Waals surface area contributed by atoms with Crippen molar-refractivity contribution in [2.24, 2.45) is 5.73 Å². The third-order valence-corrected chi connectivity index (χ3v) is 4.81. The van der Waals surface area contributed by atoms with Crippen LogP contribution in [0.3, 0.4) is 0 Å². The lowest BCUT2D eigenvalue weighted by molar-refractivity contribution is 0.0798. The molecule has 0 radical (unpaired) electrons. The van der Waals surface area contributed by atoms with Gasteiger partial charge in [-0.25, -0.2) is 0 Å². The van der Waals surface area contributed by atoms with Crippen molar-refractivity contribution in [1.29, 1.82) is 0 Å². The summed E-state index contributed by atoms with van der Waals surface area (Å²) in [5.74, 6) is 0. The van der Waals surface area contributed by atoms with Gasteiger partial charge in [0.15, 0.2) is 0 Å². The van der Waals surface area contributed by atoms with E-state index in [4.69, 9.17) is 5.73 Å². The van der Waals surface area contributed by atoms with Gasteiger partial charge < -0.3 is 5.73 Å². The molecular formula is C18H31N3. The van der Waals surface area contributed by atoms with E-state index in [0.29, 0.717) is 18.6 Å². The smallest absolute Gasteiger partial charge is 0.0476 e. The molecule has 1 aliphatic rings. The Morgan fingerprint density at radius 1 is 0.952 bits per heavy atom. The van der Waals surface area contributed by atoms with E-state index in [1.165, 1.54) is 22.3 Å². The van der Waals surface area contributed by atoms with E-state index < -0.39 is 0 Å². The standard InChI is InChI=1S/C18H31N3/c1-13(2)20-6-8-21(9-7-20)17(12-19)18-15(4)10-14(3)11-16(18)5/h10-11,13,17H,6-9,12,19H2,1-5H3. The maximum absolute atomic E-state index is 6.15. The molecule has 118 valence electrons. The first kappa shape index (κ1) is 16.5. The fraction of sp³-hybridized carbons (Fsp3) is 0.667. The van der Waals surface area contributed by atoms with Crippen molar-refractivity contribution in [3.05, 3.63) is 34.4 Å². The lowest BCUT2D eigenvalue weighted by Gasteiger charge is -2.41. The molecule has 1 saturated heterocycles. The molecule has 2 N–H and O–H groups in total. The van der Waals surface area contributed by atoms with Gasteiger partial charge in [-0.1, -0.05) is 17.7 Å². The first-order valence-corrected chi connectivity index (χ1v) is 8.20. The van der Waals surface area contributed by atoms with Crippen LogP contribution in [0.1, 0.15) is 42.1 Å². The molecule has 2 rings (SSSR count). The summed E-state index contributed by atoms with van der Waals surface area (Å²) in [7, 11) is 0. The molecule has 0 bridgehead atoms. The van der Waals surface area contributed by atoms with E-state index in [1.54, 1.807) is 0 Å². The Morgan fingerprint density at radius 2 is 1.43 bits per heavy atom. The second kappa shape index (κ2) is 6.91. The van der Waals surface area contributed by atoms with Gasteiger partial charge in [-0.2, -0.15) is 0 Å². The summed E-state index contributed by atoms with van der Waals surface area (Å²) in [4.78, 5) is 5.13. The first-order valence-electron chi connectivity index (χ1n) is 8.20. The van der Waals surface area contributed by atoms with E-state index in [0.717, 1.165) is 26.2 Å². The maximum atomic E-state index is 6.15. The van der Waals surface area contributed by atoms with Crippen molar-refractivity contribution in [3.8, 4) is 0 Å². The molecule has 1 atom stereocenters. The van der Waals surface area contributed by atoms with Gasteiger partial charge in [0.25, 0.3) is 0 Å². The molecule has 1 aromatic carbocycles. The molecule has 0 aromatic heterocycles. The van der Waals surface area contributed by atoms with E-state index in [2.05, 4.69) is 56.6 Å². The lowest BCUT2D eigenvalue weighted by atomic mass is 9.92. The SMILES string of the molecule is Cc1cc(C)c(C(CN)N2CCN(C(C)C)CC2)c(C)c1. The number of rotatable bonds is 4. The molecule has 0 saturated carbocycles. The molecule has 1 fully saturated rings. The summed E-state index contributed by atoms with van der Waals surface area (Å²) in [6, 6.07) is 5.58. The first-order chi connectivity index (χ1) is 9.93. The van der Waals surface area contributed by atoms with E-state index >= 15 is 0 Å². The Hall–Kier alpha value is -0.900. The van der Waals surface area contributed by atoms with Crippen LogP contribution in [-0.4, -0.2) is 48.6 Å². The number of piperazine rings is 1. The van der Waals surface area contributed by atoms with Crippen molar-refractivity contribution in [3.63, 3.8) is 0 Å². The Kier molecular flexibility index (Phi) is 5.42. The summed E-state index contributed by atoms with van der Waals surface area (Å²) in [5, 5.41) is 0. The van der Waals surface area contributed by atoms with Crippen molar-refractivity contribution in [1.82, 2.24) is 9.80 Å². The highest BCUT2D eigenvalue weighted by molar-refractivity contribution is 5.40. The van der Waals surface area contributed by atoms with Gasteiger partial charge in [-0.3, -0.25) is 9.80 Å². The number of nitrogens with two attached hydrogens (primary N) is 1. The van der Waals surface area contributed by atoms with Crippen molar-refractivity contribution in [2.45, 2.75) is 46.7 Å². The summed E-state index contributed by atoms with van der Waals surface area (Å²) in [6.45, 7) is 16.4. The van der Waals surface area contributed by atoms with Crippen molar-refractivity contribution >= 4 is 0 Å². The van der Waals surface area contributed by atoms with Gasteiger partial charge in [-0.05, 0) is 51.3 Å². The van der Waals surface area contributed by atoms with Crippen LogP contribution in [0.25, 0.3) is 0 Å². The van der Waals surface area contributed by atoms with Crippen molar-refractivity contribution < 1.29 is 0 Å². The zero-order valence-electron chi connectivity index (χ0n) is 14.3. The minimum atomic E-state index is 0.361. The molecule has 1 heterocycles. The predicted octanol–water partition coefficient (Wildman–Crippen LogP) is 2.64. The van der Waals surface area contributed by atoms with Crippen LogP contribution in [0, 0.1) is 20.8 Å². The average molecular weight is 289 g/mol. The average Bonchev–Trinajstić information content (AvgIpc) is 2.42. The van der Waals surface area contributed by atoms with Gasteiger partial charge in [-0.15, -0.1) is 0 Å². The maximum Gasteiger partial charge on any atom is 0.0476 e. The molecule has 1 unspecified atom stereocenters. The summed E-state index contributed by atoms with van der Waals surface area (Å²) in [5.41, 5.74) is 11.7. The Morgan fingerprint density at radius 3 is 1.86 bits per heavy atom. The van der Waals surface area contributed by atoms with Crippen LogP contribution >= 0.6 is 0 Å². The summed E-state index contributed by atoms with van der Waals surface area (Å²) < 4.78 is 0. The molecule has 3 nitrogen and oxygen atoms in total. The molecule has 0 spiro atoms. The van der Waals surface area contributed by atoms with E-state index in [9.17, 15) is 0 Å². The fourth-order valence-corrected chi connectivity index (χ4v) is 3.73. The van der Waals surface area contributed by atoms with Gasteiger partial charge in [0, 0.05) is 44.8 Å². The van der Waals surface area contributed by atoms with Gasteiger partial charge in [0.2, 0.25) is 0 Å². The predicted molar refractivity (Wildman–Crippen MR) is 90.7 cm³/mol. The highest BCUT2D eigenvalue weighted by Gasteiger charge is 2.26. The lowest BCUT2D eigenvalue weighted by Crippen LogP contribution is -2.51. The number of aryl methyl sites for hydroxylation is 3. The van der Waals surface area contributed by atoms with Gasteiger partial charge in [0.05, 0.1) is 0 Å². The van der Waals surface area contributed by atoms with Crippen LogP contribution in [-0.2, 0) is 0 Å². The third-order valence-electron chi connectivity index (χ3n) is 4.81. The quantitative estimate of drug-likeness (QED) is 0.925. The molecular weight excluding hydrogens is 258 g/mol. The van der Waals surface area contributed by atoms with Crippen LogP contribution in [0.2, 0.25) is 0 Å². The van der Waals surface area contributed by atoms with Gasteiger partial charge >= 0.3 is 0 Å². The Labute approximate surface area is 130 Å². The number of hydrogen-bond donors (Lipinski definition) is 1.